The Morgan fingerprint density at radius 3 is 2.50 bits per heavy atom. The molecule has 0 aromatic heterocycles. The van der Waals surface area contributed by atoms with Crippen LogP contribution in [-0.4, -0.2) is 21.5 Å². The van der Waals surface area contributed by atoms with Crippen LogP contribution in [0.25, 0.3) is 0 Å². The zero-order valence-electron chi connectivity index (χ0n) is 11.0. The summed E-state index contributed by atoms with van der Waals surface area (Å²) in [6.07, 6.45) is 1.45. The molecule has 2 aromatic rings. The molecule has 5 nitrogen and oxygen atoms in total. The second-order valence-corrected chi connectivity index (χ2v) is 5.42. The fourth-order valence-corrected chi connectivity index (χ4v) is 1.99. The van der Waals surface area contributed by atoms with Crippen LogP contribution >= 0.6 is 35.4 Å². The van der Waals surface area contributed by atoms with Crippen molar-refractivity contribution in [1.82, 2.24) is 5.43 Å². The van der Waals surface area contributed by atoms with E-state index in [-0.39, 0.29) is 16.6 Å². The first-order chi connectivity index (χ1) is 10.5. The SMILES string of the molecule is Oc1ccc(/C=N/NC(=S)Nc2ccc(Cl)c(Cl)c2)cc1O. The lowest BCUT2D eigenvalue weighted by molar-refractivity contribution is 0.403. The summed E-state index contributed by atoms with van der Waals surface area (Å²) in [6, 6.07) is 9.34. The minimum Gasteiger partial charge on any atom is -0.504 e. The molecule has 0 amide bonds. The number of hydrogen-bond acceptors (Lipinski definition) is 4. The molecule has 4 N–H and O–H groups in total. The Hall–Kier alpha value is -2.02. The van der Waals surface area contributed by atoms with Gasteiger partial charge in [-0.25, -0.2) is 0 Å². The molecule has 0 aliphatic rings. The second kappa shape index (κ2) is 7.31. The van der Waals surface area contributed by atoms with Gasteiger partial charge in [-0.05, 0) is 54.2 Å². The summed E-state index contributed by atoms with van der Waals surface area (Å²) in [6.45, 7) is 0. The van der Waals surface area contributed by atoms with Crippen molar-refractivity contribution >= 4 is 52.4 Å². The van der Waals surface area contributed by atoms with Crippen LogP contribution in [0.5, 0.6) is 11.5 Å². The van der Waals surface area contributed by atoms with Crippen LogP contribution in [0.15, 0.2) is 41.5 Å². The minimum atomic E-state index is -0.222. The lowest BCUT2D eigenvalue weighted by Crippen LogP contribution is -2.23. The van der Waals surface area contributed by atoms with Crippen molar-refractivity contribution < 1.29 is 10.2 Å². The number of phenolic OH excluding ortho intramolecular Hbond substituents is 2. The maximum Gasteiger partial charge on any atom is 0.191 e. The molecule has 22 heavy (non-hydrogen) atoms. The smallest absolute Gasteiger partial charge is 0.191 e. The predicted molar refractivity (Wildman–Crippen MR) is 93.2 cm³/mol. The average Bonchev–Trinajstić information content (AvgIpc) is 2.47. The van der Waals surface area contributed by atoms with E-state index in [2.05, 4.69) is 15.8 Å². The number of benzene rings is 2. The molecule has 0 unspecified atom stereocenters. The van der Waals surface area contributed by atoms with E-state index in [4.69, 9.17) is 35.4 Å². The van der Waals surface area contributed by atoms with Crippen LogP contribution in [0.1, 0.15) is 5.56 Å². The number of nitrogens with one attached hydrogen (secondary N) is 2. The van der Waals surface area contributed by atoms with E-state index in [0.717, 1.165) is 0 Å². The molecule has 0 saturated carbocycles. The first kappa shape index (κ1) is 16.4. The van der Waals surface area contributed by atoms with Gasteiger partial charge in [0, 0.05) is 5.69 Å². The molecule has 2 aromatic carbocycles. The van der Waals surface area contributed by atoms with Crippen molar-refractivity contribution in [2.75, 3.05) is 5.32 Å². The number of anilines is 1. The van der Waals surface area contributed by atoms with Crippen LogP contribution < -0.4 is 10.7 Å². The Kier molecular flexibility index (Phi) is 5.43. The molecule has 0 aliphatic heterocycles. The van der Waals surface area contributed by atoms with Crippen LogP contribution in [0, 0.1) is 0 Å². The number of aromatic hydroxyl groups is 2. The van der Waals surface area contributed by atoms with Gasteiger partial charge >= 0.3 is 0 Å². The summed E-state index contributed by atoms with van der Waals surface area (Å²) < 4.78 is 0. The maximum absolute atomic E-state index is 9.36. The van der Waals surface area contributed by atoms with Gasteiger partial charge in [-0.2, -0.15) is 5.10 Å². The number of hydrogen-bond donors (Lipinski definition) is 4. The Labute approximate surface area is 142 Å². The van der Waals surface area contributed by atoms with Gasteiger partial charge in [0.1, 0.15) is 0 Å². The van der Waals surface area contributed by atoms with Crippen molar-refractivity contribution in [1.29, 1.82) is 0 Å². The summed E-state index contributed by atoms with van der Waals surface area (Å²) in [5, 5.41) is 26.5. The Balaban J connectivity index is 1.93. The highest BCUT2D eigenvalue weighted by Crippen LogP contribution is 2.25. The number of thiocarbonyl (C=S) groups is 1. The average molecular weight is 356 g/mol. The Morgan fingerprint density at radius 1 is 1.05 bits per heavy atom. The highest BCUT2D eigenvalue weighted by molar-refractivity contribution is 7.80. The molecule has 0 saturated heterocycles. The predicted octanol–water partition coefficient (Wildman–Crippen LogP) is 3.73. The summed E-state index contributed by atoms with van der Waals surface area (Å²) in [5.41, 5.74) is 3.89. The third-order valence-electron chi connectivity index (χ3n) is 2.56. The number of hydrazone groups is 1. The molecule has 0 radical (unpaired) electrons. The van der Waals surface area contributed by atoms with Gasteiger partial charge in [0.2, 0.25) is 0 Å². The van der Waals surface area contributed by atoms with E-state index < -0.39 is 0 Å². The molecular weight excluding hydrogens is 345 g/mol. The van der Waals surface area contributed by atoms with Crippen molar-refractivity contribution in [3.05, 3.63) is 52.0 Å². The fourth-order valence-electron chi connectivity index (χ4n) is 1.52. The third-order valence-corrected chi connectivity index (χ3v) is 3.49. The van der Waals surface area contributed by atoms with Gasteiger partial charge in [-0.3, -0.25) is 5.43 Å². The quantitative estimate of drug-likeness (QED) is 0.292. The van der Waals surface area contributed by atoms with Gasteiger partial charge in [-0.15, -0.1) is 0 Å². The molecule has 2 rings (SSSR count). The van der Waals surface area contributed by atoms with E-state index >= 15 is 0 Å². The molecule has 0 aliphatic carbocycles. The number of nitrogens with zero attached hydrogens (tertiary/aromatic N) is 1. The zero-order valence-corrected chi connectivity index (χ0v) is 13.4. The standard InChI is InChI=1S/C14H11Cl2N3O2S/c15-10-3-2-9(6-11(10)16)18-14(22)19-17-7-8-1-4-12(20)13(21)5-8/h1-7,20-21H,(H2,18,19,22)/b17-7+. The first-order valence-electron chi connectivity index (χ1n) is 6.03. The van der Waals surface area contributed by atoms with Crippen LogP contribution in [-0.2, 0) is 0 Å². The lowest BCUT2D eigenvalue weighted by atomic mass is 10.2. The molecule has 0 bridgehead atoms. The van der Waals surface area contributed by atoms with Crippen molar-refractivity contribution in [2.24, 2.45) is 5.10 Å². The normalized spacial score (nSPS) is 10.6. The van der Waals surface area contributed by atoms with Crippen molar-refractivity contribution in [3.8, 4) is 11.5 Å². The topological polar surface area (TPSA) is 76.9 Å². The van der Waals surface area contributed by atoms with Crippen LogP contribution in [0.2, 0.25) is 10.0 Å². The molecule has 0 atom stereocenters. The Bertz CT molecular complexity index is 738. The molecule has 0 spiro atoms. The molecule has 0 fully saturated rings. The summed E-state index contributed by atoms with van der Waals surface area (Å²) in [4.78, 5) is 0. The van der Waals surface area contributed by atoms with E-state index in [9.17, 15) is 10.2 Å². The van der Waals surface area contributed by atoms with Gasteiger partial charge in [-0.1, -0.05) is 23.2 Å². The fraction of sp³-hybridized carbons (Fsp3) is 0. The zero-order chi connectivity index (χ0) is 16.1. The molecular formula is C14H11Cl2N3O2S. The number of rotatable bonds is 3. The van der Waals surface area contributed by atoms with Crippen LogP contribution in [0.3, 0.4) is 0 Å². The summed E-state index contributed by atoms with van der Waals surface area (Å²) >= 11 is 16.8. The summed E-state index contributed by atoms with van der Waals surface area (Å²) in [5.74, 6) is -0.414. The van der Waals surface area contributed by atoms with Crippen LogP contribution in [0.4, 0.5) is 5.69 Å². The van der Waals surface area contributed by atoms with E-state index in [0.29, 0.717) is 21.3 Å². The first-order valence-corrected chi connectivity index (χ1v) is 7.19. The van der Waals surface area contributed by atoms with E-state index in [1.807, 2.05) is 0 Å². The molecule has 114 valence electrons. The maximum atomic E-state index is 9.36. The lowest BCUT2D eigenvalue weighted by Gasteiger charge is -2.07. The third kappa shape index (κ3) is 4.49. The van der Waals surface area contributed by atoms with Gasteiger partial charge in [0.25, 0.3) is 0 Å². The van der Waals surface area contributed by atoms with Crippen molar-refractivity contribution in [2.45, 2.75) is 0 Å². The highest BCUT2D eigenvalue weighted by Gasteiger charge is 2.01. The van der Waals surface area contributed by atoms with E-state index in [1.165, 1.54) is 18.3 Å². The highest BCUT2D eigenvalue weighted by atomic mass is 35.5. The molecule has 8 heteroatoms. The van der Waals surface area contributed by atoms with Gasteiger partial charge < -0.3 is 15.5 Å². The van der Waals surface area contributed by atoms with Crippen molar-refractivity contribution in [3.63, 3.8) is 0 Å². The molecule has 0 heterocycles. The Morgan fingerprint density at radius 2 is 1.82 bits per heavy atom. The number of halogens is 2. The van der Waals surface area contributed by atoms with Gasteiger partial charge in [0.05, 0.1) is 16.3 Å². The number of phenols is 2. The van der Waals surface area contributed by atoms with Gasteiger partial charge in [0.15, 0.2) is 16.6 Å². The second-order valence-electron chi connectivity index (χ2n) is 4.20. The monoisotopic (exact) mass is 355 g/mol. The largest absolute Gasteiger partial charge is 0.504 e. The van der Waals surface area contributed by atoms with E-state index in [1.54, 1.807) is 24.3 Å². The summed E-state index contributed by atoms with van der Waals surface area (Å²) in [7, 11) is 0. The minimum absolute atomic E-state index is 0.193.